The number of carbonyl (C=O) groups is 2. The number of hydrogen-bond donors (Lipinski definition) is 3. The summed E-state index contributed by atoms with van der Waals surface area (Å²) in [5.41, 5.74) is 2.76. The first-order valence-corrected chi connectivity index (χ1v) is 8.73. The predicted molar refractivity (Wildman–Crippen MR) is 96.8 cm³/mol. The summed E-state index contributed by atoms with van der Waals surface area (Å²) in [6, 6.07) is 9.09. The molecule has 0 radical (unpaired) electrons. The lowest BCUT2D eigenvalue weighted by atomic mass is 10.0. The van der Waals surface area contributed by atoms with Gasteiger partial charge in [-0.25, -0.2) is 4.79 Å². The van der Waals surface area contributed by atoms with E-state index in [2.05, 4.69) is 15.8 Å². The van der Waals surface area contributed by atoms with Crippen molar-refractivity contribution in [1.82, 2.24) is 15.8 Å². The van der Waals surface area contributed by atoms with E-state index >= 15 is 0 Å². The number of aryl methyl sites for hydroxylation is 2. The number of carboxylic acid groups (broad SMARTS) is 1. The first-order valence-electron chi connectivity index (χ1n) is 8.73. The Morgan fingerprint density at radius 2 is 2.00 bits per heavy atom. The van der Waals surface area contributed by atoms with Gasteiger partial charge in [0.1, 0.15) is 5.76 Å². The van der Waals surface area contributed by atoms with E-state index in [1.54, 1.807) is 0 Å². The Labute approximate surface area is 152 Å². The Bertz CT molecular complexity index is 728. The number of aliphatic carboxylic acids is 1. The molecule has 0 aliphatic rings. The van der Waals surface area contributed by atoms with Gasteiger partial charge in [0.05, 0.1) is 5.69 Å². The minimum absolute atomic E-state index is 0.00250. The van der Waals surface area contributed by atoms with E-state index in [0.29, 0.717) is 25.1 Å². The van der Waals surface area contributed by atoms with E-state index < -0.39 is 5.97 Å². The molecular formula is C19H25N3O4. The van der Waals surface area contributed by atoms with Gasteiger partial charge in [0.25, 0.3) is 0 Å². The van der Waals surface area contributed by atoms with Crippen LogP contribution in [0.4, 0.5) is 4.79 Å². The minimum Gasteiger partial charge on any atom is -0.481 e. The quantitative estimate of drug-likeness (QED) is 0.638. The zero-order chi connectivity index (χ0) is 18.9. The monoisotopic (exact) mass is 359 g/mol. The third kappa shape index (κ3) is 5.91. The van der Waals surface area contributed by atoms with Crippen LogP contribution >= 0.6 is 0 Å². The lowest BCUT2D eigenvalue weighted by Gasteiger charge is -2.19. The number of amides is 2. The van der Waals surface area contributed by atoms with Crippen molar-refractivity contribution in [2.75, 3.05) is 0 Å². The molecule has 0 saturated carbocycles. The van der Waals surface area contributed by atoms with Gasteiger partial charge in [-0.05, 0) is 31.7 Å². The van der Waals surface area contributed by atoms with Crippen LogP contribution < -0.4 is 10.6 Å². The second-order valence-electron chi connectivity index (χ2n) is 6.16. The molecule has 3 N–H and O–H groups in total. The molecule has 2 amide bonds. The van der Waals surface area contributed by atoms with Crippen LogP contribution in [-0.2, 0) is 24.2 Å². The van der Waals surface area contributed by atoms with E-state index in [0.717, 1.165) is 23.2 Å². The lowest BCUT2D eigenvalue weighted by Crippen LogP contribution is -2.43. The number of nitrogens with one attached hydrogen (secondary N) is 2. The molecule has 1 atom stereocenters. The van der Waals surface area contributed by atoms with Gasteiger partial charge in [-0.1, -0.05) is 42.4 Å². The Hall–Kier alpha value is -2.83. The standard InChI is InChI=1S/C19H25N3O4/c1-3-17-16(13(2)26-22-17)12-20-19(25)21-15(9-10-18(23)24)11-14-7-5-4-6-8-14/h4-8,15H,3,9-12H2,1-2H3,(H,23,24)(H2,20,21,25). The summed E-state index contributed by atoms with van der Waals surface area (Å²) in [7, 11) is 0. The Morgan fingerprint density at radius 1 is 1.27 bits per heavy atom. The van der Waals surface area contributed by atoms with Gasteiger partial charge < -0.3 is 20.3 Å². The molecule has 2 rings (SSSR count). The molecule has 1 unspecified atom stereocenters. The number of nitrogens with zero attached hydrogens (tertiary/aromatic N) is 1. The molecule has 0 aliphatic heterocycles. The highest BCUT2D eigenvalue weighted by atomic mass is 16.5. The first-order chi connectivity index (χ1) is 12.5. The number of aromatic nitrogens is 1. The molecule has 7 nitrogen and oxygen atoms in total. The molecule has 0 fully saturated rings. The van der Waals surface area contributed by atoms with E-state index in [-0.39, 0.29) is 18.5 Å². The van der Waals surface area contributed by atoms with Crippen LogP contribution in [0.2, 0.25) is 0 Å². The maximum absolute atomic E-state index is 12.3. The number of carbonyl (C=O) groups excluding carboxylic acids is 1. The smallest absolute Gasteiger partial charge is 0.315 e. The van der Waals surface area contributed by atoms with Gasteiger partial charge in [0.2, 0.25) is 0 Å². The fourth-order valence-electron chi connectivity index (χ4n) is 2.77. The normalized spacial score (nSPS) is 11.8. The Morgan fingerprint density at radius 3 is 2.65 bits per heavy atom. The molecule has 140 valence electrons. The number of hydrogen-bond acceptors (Lipinski definition) is 4. The predicted octanol–water partition coefficient (Wildman–Crippen LogP) is 2.82. The summed E-state index contributed by atoms with van der Waals surface area (Å²) in [5.74, 6) is -0.188. The topological polar surface area (TPSA) is 104 Å². The van der Waals surface area contributed by atoms with Gasteiger partial charge in [-0.2, -0.15) is 0 Å². The molecule has 0 bridgehead atoms. The zero-order valence-electron chi connectivity index (χ0n) is 15.1. The fourth-order valence-corrected chi connectivity index (χ4v) is 2.77. The minimum atomic E-state index is -0.877. The van der Waals surface area contributed by atoms with Crippen LogP contribution in [0.5, 0.6) is 0 Å². The van der Waals surface area contributed by atoms with E-state index in [4.69, 9.17) is 9.63 Å². The van der Waals surface area contributed by atoms with Gasteiger partial charge in [0, 0.05) is 24.6 Å². The molecule has 1 heterocycles. The molecule has 1 aromatic carbocycles. The summed E-state index contributed by atoms with van der Waals surface area (Å²) in [4.78, 5) is 23.2. The maximum Gasteiger partial charge on any atom is 0.315 e. The summed E-state index contributed by atoms with van der Waals surface area (Å²) in [6.45, 7) is 4.11. The molecule has 1 aromatic heterocycles. The van der Waals surface area contributed by atoms with Gasteiger partial charge in [0.15, 0.2) is 0 Å². The molecule has 0 spiro atoms. The van der Waals surface area contributed by atoms with Crippen LogP contribution in [0, 0.1) is 6.92 Å². The van der Waals surface area contributed by atoms with Gasteiger partial charge >= 0.3 is 12.0 Å². The van der Waals surface area contributed by atoms with Crippen molar-refractivity contribution >= 4 is 12.0 Å². The number of urea groups is 1. The molecule has 26 heavy (non-hydrogen) atoms. The SMILES string of the molecule is CCc1noc(C)c1CNC(=O)NC(CCC(=O)O)Cc1ccccc1. The third-order valence-electron chi connectivity index (χ3n) is 4.19. The Balaban J connectivity index is 1.94. The van der Waals surface area contributed by atoms with Crippen molar-refractivity contribution in [1.29, 1.82) is 0 Å². The van der Waals surface area contributed by atoms with E-state index in [1.165, 1.54) is 0 Å². The van der Waals surface area contributed by atoms with Crippen LogP contribution in [0.3, 0.4) is 0 Å². The van der Waals surface area contributed by atoms with Crippen molar-refractivity contribution in [2.24, 2.45) is 0 Å². The summed E-state index contributed by atoms with van der Waals surface area (Å²) in [5, 5.41) is 18.6. The van der Waals surface area contributed by atoms with Crippen molar-refractivity contribution in [2.45, 2.75) is 52.1 Å². The van der Waals surface area contributed by atoms with Crippen molar-refractivity contribution < 1.29 is 19.2 Å². The number of rotatable bonds is 9. The van der Waals surface area contributed by atoms with Crippen LogP contribution in [-0.4, -0.2) is 28.3 Å². The maximum atomic E-state index is 12.3. The van der Waals surface area contributed by atoms with Crippen molar-refractivity contribution in [3.63, 3.8) is 0 Å². The highest BCUT2D eigenvalue weighted by molar-refractivity contribution is 5.74. The second-order valence-corrected chi connectivity index (χ2v) is 6.16. The van der Waals surface area contributed by atoms with Gasteiger partial charge in [-0.15, -0.1) is 0 Å². The first kappa shape index (κ1) is 19.5. The second kappa shape index (κ2) is 9.60. The van der Waals surface area contributed by atoms with Crippen LogP contribution in [0.1, 0.15) is 42.3 Å². The van der Waals surface area contributed by atoms with E-state index in [1.807, 2.05) is 44.2 Å². The highest BCUT2D eigenvalue weighted by Crippen LogP contribution is 2.13. The average molecular weight is 359 g/mol. The van der Waals surface area contributed by atoms with E-state index in [9.17, 15) is 9.59 Å². The third-order valence-corrected chi connectivity index (χ3v) is 4.19. The Kier molecular flexibility index (Phi) is 7.20. The molecule has 0 saturated heterocycles. The van der Waals surface area contributed by atoms with Crippen molar-refractivity contribution in [3.8, 4) is 0 Å². The van der Waals surface area contributed by atoms with Crippen LogP contribution in [0.15, 0.2) is 34.9 Å². The molecule has 0 aliphatic carbocycles. The fraction of sp³-hybridized carbons (Fsp3) is 0.421. The zero-order valence-corrected chi connectivity index (χ0v) is 15.1. The summed E-state index contributed by atoms with van der Waals surface area (Å²) < 4.78 is 5.16. The summed E-state index contributed by atoms with van der Waals surface area (Å²) >= 11 is 0. The molecular weight excluding hydrogens is 334 g/mol. The van der Waals surface area contributed by atoms with Crippen LogP contribution in [0.25, 0.3) is 0 Å². The lowest BCUT2D eigenvalue weighted by molar-refractivity contribution is -0.137. The van der Waals surface area contributed by atoms with Gasteiger partial charge in [-0.3, -0.25) is 4.79 Å². The number of carboxylic acids is 1. The largest absolute Gasteiger partial charge is 0.481 e. The number of benzene rings is 1. The summed E-state index contributed by atoms with van der Waals surface area (Å²) in [6.07, 6.45) is 1.67. The average Bonchev–Trinajstić information content (AvgIpc) is 2.98. The molecule has 7 heteroatoms. The molecule has 2 aromatic rings. The van der Waals surface area contributed by atoms with Crippen molar-refractivity contribution in [3.05, 3.63) is 52.9 Å². The highest BCUT2D eigenvalue weighted by Gasteiger charge is 2.16.